The van der Waals surface area contributed by atoms with Gasteiger partial charge in [-0.2, -0.15) is 0 Å². The van der Waals surface area contributed by atoms with E-state index in [9.17, 15) is 13.2 Å². The number of sulfone groups is 1. The summed E-state index contributed by atoms with van der Waals surface area (Å²) in [6.07, 6.45) is -0.146. The molecule has 0 bridgehead atoms. The van der Waals surface area contributed by atoms with Crippen molar-refractivity contribution in [3.8, 4) is 0 Å². The van der Waals surface area contributed by atoms with Crippen LogP contribution in [0.2, 0.25) is 0 Å². The minimum atomic E-state index is -4.14. The Hall–Kier alpha value is -2.14. The number of hydrogen-bond acceptors (Lipinski definition) is 3. The highest BCUT2D eigenvalue weighted by Crippen LogP contribution is 2.47. The first-order valence-corrected chi connectivity index (χ1v) is 10.9. The Labute approximate surface area is 174 Å². The van der Waals surface area contributed by atoms with Gasteiger partial charge in [-0.15, -0.1) is 0 Å². The Morgan fingerprint density at radius 2 is 1.25 bits per heavy atom. The normalized spacial score (nSPS) is 13.1. The molecule has 0 aliphatic carbocycles. The summed E-state index contributed by atoms with van der Waals surface area (Å²) in [6, 6.07) is 25.2. The van der Waals surface area contributed by atoms with Crippen molar-refractivity contribution in [3.63, 3.8) is 0 Å². The molecule has 0 aromatic heterocycles. The van der Waals surface area contributed by atoms with E-state index in [0.717, 1.165) is 0 Å². The maximum Gasteiger partial charge on any atom is 0.229 e. The number of Topliss-reactive ketones (excluding diaryl/α,β-unsaturated/α-hetero) is 1. The Morgan fingerprint density at radius 1 is 0.786 bits per heavy atom. The van der Waals surface area contributed by atoms with E-state index in [1.54, 1.807) is 78.9 Å². The topological polar surface area (TPSA) is 51.2 Å². The number of carbonyl (C=O) groups excluding carboxylic acids is 1. The van der Waals surface area contributed by atoms with E-state index in [-0.39, 0.29) is 17.1 Å². The van der Waals surface area contributed by atoms with Gasteiger partial charge in [0.25, 0.3) is 0 Å². The fourth-order valence-corrected chi connectivity index (χ4v) is 5.35. The molecule has 28 heavy (non-hydrogen) atoms. The first kappa shape index (κ1) is 20.6. The van der Waals surface area contributed by atoms with E-state index in [1.165, 1.54) is 12.1 Å². The summed E-state index contributed by atoms with van der Waals surface area (Å²) >= 11 is 13.0. The highest BCUT2D eigenvalue weighted by atomic mass is 35.5. The largest absolute Gasteiger partial charge is 0.294 e. The molecule has 3 rings (SSSR count). The van der Waals surface area contributed by atoms with Gasteiger partial charge in [-0.1, -0.05) is 102 Å². The van der Waals surface area contributed by atoms with Crippen molar-refractivity contribution in [1.82, 2.24) is 0 Å². The average Bonchev–Trinajstić information content (AvgIpc) is 2.73. The molecule has 1 unspecified atom stereocenters. The van der Waals surface area contributed by atoms with Gasteiger partial charge in [0.05, 0.1) is 4.90 Å². The Kier molecular flexibility index (Phi) is 6.23. The van der Waals surface area contributed by atoms with E-state index >= 15 is 0 Å². The second-order valence-electron chi connectivity index (χ2n) is 6.33. The van der Waals surface area contributed by atoms with Crippen LogP contribution >= 0.6 is 23.2 Å². The van der Waals surface area contributed by atoms with Crippen molar-refractivity contribution in [2.45, 2.75) is 20.9 Å². The van der Waals surface area contributed by atoms with Crippen LogP contribution in [-0.4, -0.2) is 17.9 Å². The van der Waals surface area contributed by atoms with Gasteiger partial charge >= 0.3 is 0 Å². The lowest BCUT2D eigenvalue weighted by atomic mass is 9.92. The predicted molar refractivity (Wildman–Crippen MR) is 113 cm³/mol. The molecular formula is C22H18Cl2O3S. The Balaban J connectivity index is 2.05. The third kappa shape index (κ3) is 4.14. The third-order valence-electron chi connectivity index (χ3n) is 4.50. The zero-order chi connectivity index (χ0) is 20.2. The first-order valence-electron chi connectivity index (χ1n) is 8.64. The van der Waals surface area contributed by atoms with Crippen LogP contribution in [0, 0.1) is 0 Å². The van der Waals surface area contributed by atoms with Crippen LogP contribution in [0.4, 0.5) is 0 Å². The van der Waals surface area contributed by atoms with Gasteiger partial charge in [0.15, 0.2) is 5.78 Å². The molecule has 3 aromatic rings. The van der Waals surface area contributed by atoms with Crippen LogP contribution in [0.25, 0.3) is 0 Å². The molecule has 0 radical (unpaired) electrons. The molecule has 3 nitrogen and oxygen atoms in total. The molecule has 6 heteroatoms. The Morgan fingerprint density at radius 3 is 1.79 bits per heavy atom. The summed E-state index contributed by atoms with van der Waals surface area (Å²) in [6.45, 7) is 0. The van der Waals surface area contributed by atoms with Crippen molar-refractivity contribution < 1.29 is 13.2 Å². The molecule has 0 spiro atoms. The Bertz CT molecular complexity index is 1030. The van der Waals surface area contributed by atoms with Crippen molar-refractivity contribution in [1.29, 1.82) is 0 Å². The van der Waals surface area contributed by atoms with E-state index in [4.69, 9.17) is 23.2 Å². The minimum absolute atomic E-state index is 0.00749. The molecule has 3 aromatic carbocycles. The minimum Gasteiger partial charge on any atom is -0.294 e. The van der Waals surface area contributed by atoms with Crippen LogP contribution in [-0.2, 0) is 9.84 Å². The van der Waals surface area contributed by atoms with Crippen molar-refractivity contribution >= 4 is 38.8 Å². The maximum atomic E-state index is 13.2. The van der Waals surface area contributed by atoms with Crippen molar-refractivity contribution in [2.24, 2.45) is 0 Å². The molecular weight excluding hydrogens is 415 g/mol. The molecule has 0 N–H and O–H groups in total. The zero-order valence-electron chi connectivity index (χ0n) is 14.8. The second-order valence-corrected chi connectivity index (χ2v) is 10.3. The summed E-state index contributed by atoms with van der Waals surface area (Å²) in [7, 11) is -4.14. The fourth-order valence-electron chi connectivity index (χ4n) is 2.99. The molecule has 0 heterocycles. The quantitative estimate of drug-likeness (QED) is 0.358. The van der Waals surface area contributed by atoms with E-state index in [2.05, 4.69) is 0 Å². The smallest absolute Gasteiger partial charge is 0.229 e. The number of alkyl halides is 2. The monoisotopic (exact) mass is 432 g/mol. The van der Waals surface area contributed by atoms with Gasteiger partial charge in [-0.05, 0) is 17.7 Å². The van der Waals surface area contributed by atoms with Gasteiger partial charge in [0.1, 0.15) is 0 Å². The average molecular weight is 433 g/mol. The van der Waals surface area contributed by atoms with E-state index in [1.807, 2.05) is 0 Å². The lowest BCUT2D eigenvalue weighted by Crippen LogP contribution is -2.35. The SMILES string of the molecule is O=C(CC(c1ccccc1)C(Cl)(Cl)S(=O)(=O)c1ccccc1)c1ccccc1. The predicted octanol–water partition coefficient (Wildman–Crippen LogP) is 5.65. The van der Waals surface area contributed by atoms with Crippen molar-refractivity contribution in [2.75, 3.05) is 0 Å². The number of carbonyl (C=O) groups is 1. The molecule has 1 atom stereocenters. The highest BCUT2D eigenvalue weighted by molar-refractivity contribution is 7.95. The first-order chi connectivity index (χ1) is 13.3. The number of halogens is 2. The number of rotatable bonds is 7. The van der Waals surface area contributed by atoms with Crippen LogP contribution < -0.4 is 0 Å². The van der Waals surface area contributed by atoms with Gasteiger partial charge in [-0.25, -0.2) is 8.42 Å². The fraction of sp³-hybridized carbons (Fsp3) is 0.136. The van der Waals surface area contributed by atoms with E-state index in [0.29, 0.717) is 11.1 Å². The standard InChI is InChI=1S/C22H18Cl2O3S/c23-22(24,28(26,27)19-14-8-3-9-15-19)20(17-10-4-1-5-11-17)16-21(25)18-12-6-2-7-13-18/h1-15,20H,16H2. The number of ketones is 1. The van der Waals surface area contributed by atoms with Crippen molar-refractivity contribution in [3.05, 3.63) is 102 Å². The summed E-state index contributed by atoms with van der Waals surface area (Å²) in [5.41, 5.74) is 1.06. The summed E-state index contributed by atoms with van der Waals surface area (Å²) in [4.78, 5) is 12.8. The molecule has 0 aliphatic rings. The highest BCUT2D eigenvalue weighted by Gasteiger charge is 2.49. The summed E-state index contributed by atoms with van der Waals surface area (Å²) < 4.78 is 24.2. The lowest BCUT2D eigenvalue weighted by molar-refractivity contribution is 0.0974. The number of hydrogen-bond donors (Lipinski definition) is 0. The van der Waals surface area contributed by atoms with Gasteiger partial charge in [0.2, 0.25) is 13.5 Å². The zero-order valence-corrected chi connectivity index (χ0v) is 17.2. The summed E-state index contributed by atoms with van der Waals surface area (Å²) in [5.74, 6) is -1.18. The molecule has 0 amide bonds. The van der Waals surface area contributed by atoms with Crippen LogP contribution in [0.3, 0.4) is 0 Å². The summed E-state index contributed by atoms with van der Waals surface area (Å²) in [5, 5.41) is 0. The molecule has 0 saturated heterocycles. The van der Waals surface area contributed by atoms with Gasteiger partial charge < -0.3 is 0 Å². The molecule has 0 fully saturated rings. The van der Waals surface area contributed by atoms with Crippen LogP contribution in [0.5, 0.6) is 0 Å². The molecule has 0 aliphatic heterocycles. The van der Waals surface area contributed by atoms with Gasteiger partial charge in [0, 0.05) is 17.9 Å². The van der Waals surface area contributed by atoms with Crippen LogP contribution in [0.15, 0.2) is 95.9 Å². The molecule has 144 valence electrons. The van der Waals surface area contributed by atoms with Gasteiger partial charge in [-0.3, -0.25) is 4.79 Å². The lowest BCUT2D eigenvalue weighted by Gasteiger charge is -2.30. The van der Waals surface area contributed by atoms with E-state index < -0.39 is 19.4 Å². The molecule has 0 saturated carbocycles. The van der Waals surface area contributed by atoms with Crippen LogP contribution in [0.1, 0.15) is 28.3 Å². The maximum absolute atomic E-state index is 13.2. The third-order valence-corrected chi connectivity index (χ3v) is 8.14. The second kappa shape index (κ2) is 8.48. The number of benzene rings is 3.